The number of amides is 2. The Morgan fingerprint density at radius 2 is 1.71 bits per heavy atom. The van der Waals surface area contributed by atoms with E-state index in [4.69, 9.17) is 0 Å². The summed E-state index contributed by atoms with van der Waals surface area (Å²) in [4.78, 5) is 25.5. The first kappa shape index (κ1) is 28.9. The number of hydrogen-bond donors (Lipinski definition) is 2. The van der Waals surface area contributed by atoms with Crippen LogP contribution in [0.25, 0.3) is 0 Å². The quantitative estimate of drug-likeness (QED) is 0.323. The number of rotatable bonds is 8. The lowest BCUT2D eigenvalue weighted by Gasteiger charge is -2.20. The molecule has 0 spiro atoms. The van der Waals surface area contributed by atoms with E-state index in [1.54, 1.807) is 22.6 Å². The molecule has 0 bridgehead atoms. The van der Waals surface area contributed by atoms with Crippen LogP contribution in [0.15, 0.2) is 36.4 Å². The number of alkyl halides is 5. The van der Waals surface area contributed by atoms with Crippen molar-refractivity contribution in [3.63, 3.8) is 0 Å². The molecule has 6 nitrogen and oxygen atoms in total. The highest BCUT2D eigenvalue weighted by molar-refractivity contribution is 14.1. The lowest BCUT2D eigenvalue weighted by atomic mass is 9.98. The maximum Gasteiger partial charge on any atom is 0.401 e. The third-order valence-electron chi connectivity index (χ3n) is 4.62. The van der Waals surface area contributed by atoms with Gasteiger partial charge in [0.2, 0.25) is 0 Å². The van der Waals surface area contributed by atoms with Gasteiger partial charge >= 0.3 is 6.18 Å². The summed E-state index contributed by atoms with van der Waals surface area (Å²) in [7, 11) is -3.41. The van der Waals surface area contributed by atoms with Crippen molar-refractivity contribution in [2.45, 2.75) is 31.5 Å². The summed E-state index contributed by atoms with van der Waals surface area (Å²) in [5.74, 6) is -6.74. The maximum atomic E-state index is 14.4. The van der Waals surface area contributed by atoms with Gasteiger partial charge in [-0.25, -0.2) is 21.6 Å². The molecular weight excluding hydrogens is 617 g/mol. The molecule has 0 fully saturated rings. The Morgan fingerprint density at radius 3 is 2.23 bits per heavy atom. The zero-order valence-electron chi connectivity index (χ0n) is 18.1. The molecule has 2 aromatic carbocycles. The van der Waals surface area contributed by atoms with E-state index >= 15 is 0 Å². The average molecular weight is 636 g/mol. The van der Waals surface area contributed by atoms with E-state index in [2.05, 4.69) is 10.6 Å². The van der Waals surface area contributed by atoms with Gasteiger partial charge in [0.15, 0.2) is 0 Å². The summed E-state index contributed by atoms with van der Waals surface area (Å²) in [6, 6.07) is 4.94. The van der Waals surface area contributed by atoms with Gasteiger partial charge in [0, 0.05) is 15.9 Å². The predicted molar refractivity (Wildman–Crippen MR) is 125 cm³/mol. The molecule has 0 aromatic heterocycles. The average Bonchev–Trinajstić information content (AvgIpc) is 2.66. The number of anilines is 1. The molecule has 0 saturated carbocycles. The molecule has 0 aliphatic heterocycles. The van der Waals surface area contributed by atoms with E-state index in [-0.39, 0.29) is 22.9 Å². The van der Waals surface area contributed by atoms with Crippen LogP contribution in [0.2, 0.25) is 0 Å². The van der Waals surface area contributed by atoms with Gasteiger partial charge in [-0.05, 0) is 59.3 Å². The van der Waals surface area contributed by atoms with Crippen molar-refractivity contribution in [3.05, 3.63) is 62.5 Å². The van der Waals surface area contributed by atoms with Crippen molar-refractivity contribution in [3.8, 4) is 0 Å². The van der Waals surface area contributed by atoms with Gasteiger partial charge < -0.3 is 10.6 Å². The van der Waals surface area contributed by atoms with Crippen LogP contribution in [0.4, 0.5) is 32.0 Å². The third kappa shape index (κ3) is 7.81. The van der Waals surface area contributed by atoms with Gasteiger partial charge in [-0.15, -0.1) is 0 Å². The normalized spacial score (nSPS) is 13.9. The summed E-state index contributed by atoms with van der Waals surface area (Å²) < 4.78 is 102. The molecule has 2 rings (SSSR count). The van der Waals surface area contributed by atoms with Gasteiger partial charge in [0.05, 0.1) is 22.6 Å². The van der Waals surface area contributed by atoms with Crippen molar-refractivity contribution >= 4 is 49.9 Å². The topological polar surface area (TPSA) is 92.3 Å². The first-order valence-corrected chi connectivity index (χ1v) is 12.9. The molecule has 0 heterocycles. The standard InChI is InChI=1S/C21H19F6IN2O4S/c1-10(9-35(2,33)34)29-20(32)16-12(4-3-5-14(16)28)19(31)30-15-7-6-11(8-13(15)22)17(18(23)24)21(25,26)27/h3-8,10,17-18H,9H2,1-2H3,(H,29,32)(H,30,31)/t10-,17?/m0/s1. The van der Waals surface area contributed by atoms with Crippen LogP contribution in [0.3, 0.4) is 0 Å². The Labute approximate surface area is 210 Å². The Kier molecular flexibility index (Phi) is 9.19. The summed E-state index contributed by atoms with van der Waals surface area (Å²) in [6.07, 6.45) is -8.16. The van der Waals surface area contributed by atoms with Crippen LogP contribution in [0, 0.1) is 9.39 Å². The second-order valence-electron chi connectivity index (χ2n) is 7.68. The zero-order chi connectivity index (χ0) is 26.7. The van der Waals surface area contributed by atoms with Crippen LogP contribution < -0.4 is 10.6 Å². The lowest BCUT2D eigenvalue weighted by Crippen LogP contribution is -2.38. The number of halogens is 7. The van der Waals surface area contributed by atoms with Gasteiger partial charge in [-0.1, -0.05) is 12.1 Å². The number of benzene rings is 2. The van der Waals surface area contributed by atoms with Crippen LogP contribution in [-0.4, -0.2) is 50.9 Å². The van der Waals surface area contributed by atoms with E-state index in [1.165, 1.54) is 25.1 Å². The Bertz CT molecular complexity index is 1220. The van der Waals surface area contributed by atoms with Gasteiger partial charge in [-0.3, -0.25) is 9.59 Å². The molecule has 14 heteroatoms. The largest absolute Gasteiger partial charge is 0.401 e. The maximum absolute atomic E-state index is 14.4. The Morgan fingerprint density at radius 1 is 1.09 bits per heavy atom. The molecule has 1 unspecified atom stereocenters. The molecule has 2 amide bonds. The van der Waals surface area contributed by atoms with E-state index in [0.29, 0.717) is 15.7 Å². The van der Waals surface area contributed by atoms with Crippen molar-refractivity contribution < 1.29 is 44.3 Å². The number of carbonyl (C=O) groups is 2. The number of sulfone groups is 1. The number of hydrogen-bond acceptors (Lipinski definition) is 4. The van der Waals surface area contributed by atoms with Gasteiger partial charge in [-0.2, -0.15) is 13.2 Å². The summed E-state index contributed by atoms with van der Waals surface area (Å²) in [5.41, 5.74) is -1.98. The van der Waals surface area contributed by atoms with Crippen LogP contribution in [0.5, 0.6) is 0 Å². The van der Waals surface area contributed by atoms with Crippen molar-refractivity contribution in [1.29, 1.82) is 0 Å². The molecule has 0 saturated heterocycles. The van der Waals surface area contributed by atoms with E-state index in [0.717, 1.165) is 6.26 Å². The monoisotopic (exact) mass is 636 g/mol. The third-order valence-corrected chi connectivity index (χ3v) is 6.63. The fourth-order valence-corrected chi connectivity index (χ4v) is 4.96. The van der Waals surface area contributed by atoms with E-state index in [1.807, 2.05) is 0 Å². The van der Waals surface area contributed by atoms with Crippen molar-refractivity contribution in [2.24, 2.45) is 0 Å². The van der Waals surface area contributed by atoms with Gasteiger partial charge in [0.25, 0.3) is 18.2 Å². The molecule has 2 aromatic rings. The number of nitrogens with one attached hydrogen (secondary N) is 2. The highest BCUT2D eigenvalue weighted by atomic mass is 127. The zero-order valence-corrected chi connectivity index (χ0v) is 21.1. The first-order valence-electron chi connectivity index (χ1n) is 9.74. The minimum absolute atomic E-state index is 0.141. The second-order valence-corrected chi connectivity index (χ2v) is 11.0. The lowest BCUT2D eigenvalue weighted by molar-refractivity contribution is -0.178. The molecule has 35 heavy (non-hydrogen) atoms. The molecule has 0 radical (unpaired) electrons. The molecule has 192 valence electrons. The summed E-state index contributed by atoms with van der Waals surface area (Å²) in [5, 5.41) is 4.57. The van der Waals surface area contributed by atoms with Crippen molar-refractivity contribution in [1.82, 2.24) is 5.32 Å². The second kappa shape index (κ2) is 11.1. The highest BCUT2D eigenvalue weighted by Gasteiger charge is 2.47. The fraction of sp³-hybridized carbons (Fsp3) is 0.333. The summed E-state index contributed by atoms with van der Waals surface area (Å²) in [6.45, 7) is 1.44. The molecule has 0 aliphatic carbocycles. The minimum Gasteiger partial charge on any atom is -0.349 e. The fourth-order valence-electron chi connectivity index (χ4n) is 3.23. The first-order chi connectivity index (χ1) is 16.0. The van der Waals surface area contributed by atoms with Crippen LogP contribution in [-0.2, 0) is 9.84 Å². The molecule has 2 atom stereocenters. The molecule has 2 N–H and O–H groups in total. The summed E-state index contributed by atoms with van der Waals surface area (Å²) >= 11 is 1.76. The Balaban J connectivity index is 2.33. The van der Waals surface area contributed by atoms with Gasteiger partial charge in [0.1, 0.15) is 21.6 Å². The van der Waals surface area contributed by atoms with Crippen LogP contribution in [0.1, 0.15) is 39.1 Å². The van der Waals surface area contributed by atoms with Crippen LogP contribution >= 0.6 is 22.6 Å². The minimum atomic E-state index is -5.32. The van der Waals surface area contributed by atoms with Crippen molar-refractivity contribution in [2.75, 3.05) is 17.3 Å². The smallest absolute Gasteiger partial charge is 0.349 e. The van der Waals surface area contributed by atoms with E-state index < -0.39 is 63.3 Å². The Hall–Kier alpha value is -2.36. The predicted octanol–water partition coefficient (Wildman–Crippen LogP) is 4.76. The number of carbonyl (C=O) groups excluding carboxylic acids is 2. The molecular formula is C21H19F6IN2O4S. The SMILES string of the molecule is C[C@@H](CS(C)(=O)=O)NC(=O)c1c(I)cccc1C(=O)Nc1ccc(C(C(F)F)C(F)(F)F)cc1F. The highest BCUT2D eigenvalue weighted by Crippen LogP contribution is 2.40. The van der Waals surface area contributed by atoms with E-state index in [9.17, 15) is 44.3 Å². The molecule has 0 aliphatic rings.